The molecule has 2 aromatic rings. The lowest BCUT2D eigenvalue weighted by atomic mass is 10.0. The van der Waals surface area contributed by atoms with Gasteiger partial charge >= 0.3 is 6.09 Å². The minimum absolute atomic E-state index is 0.00304. The molecule has 10 heteroatoms. The Bertz CT molecular complexity index is 966. The molecule has 9 nitrogen and oxygen atoms in total. The Balaban J connectivity index is 2.23. The normalized spacial score (nSPS) is 13.3. The molecule has 1 aromatic heterocycles. The summed E-state index contributed by atoms with van der Waals surface area (Å²) in [5, 5.41) is 19.3. The number of benzene rings is 1. The molecule has 2 amide bonds. The zero-order valence-corrected chi connectivity index (χ0v) is 20.7. The van der Waals surface area contributed by atoms with E-state index in [4.69, 9.17) is 4.74 Å². The summed E-state index contributed by atoms with van der Waals surface area (Å²) in [6.45, 7) is 10.9. The third-order valence-electron chi connectivity index (χ3n) is 4.75. The van der Waals surface area contributed by atoms with Gasteiger partial charge in [0.2, 0.25) is 5.91 Å². The quantitative estimate of drug-likeness (QED) is 0.404. The summed E-state index contributed by atoms with van der Waals surface area (Å²) < 4.78 is 5.31. The maximum absolute atomic E-state index is 13.2. The van der Waals surface area contributed by atoms with Gasteiger partial charge in [0.15, 0.2) is 0 Å². The second-order valence-electron chi connectivity index (χ2n) is 9.09. The van der Waals surface area contributed by atoms with Crippen molar-refractivity contribution in [2.24, 2.45) is 5.92 Å². The summed E-state index contributed by atoms with van der Waals surface area (Å²) in [7, 11) is 0. The zero-order valence-electron chi connectivity index (χ0n) is 19.9. The van der Waals surface area contributed by atoms with Gasteiger partial charge in [-0.25, -0.2) is 9.78 Å². The third-order valence-corrected chi connectivity index (χ3v) is 5.76. The second kappa shape index (κ2) is 11.2. The largest absolute Gasteiger partial charge is 0.444 e. The van der Waals surface area contributed by atoms with Crippen LogP contribution in [-0.4, -0.2) is 33.6 Å². The average Bonchev–Trinajstić information content (AvgIpc) is 3.19. The lowest BCUT2D eigenvalue weighted by molar-refractivity contribution is -0.384. The van der Waals surface area contributed by atoms with Crippen molar-refractivity contribution in [3.8, 4) is 0 Å². The van der Waals surface area contributed by atoms with E-state index < -0.39 is 28.7 Å². The van der Waals surface area contributed by atoms with Gasteiger partial charge < -0.3 is 15.4 Å². The van der Waals surface area contributed by atoms with Gasteiger partial charge in [-0.3, -0.25) is 14.9 Å². The molecule has 180 valence electrons. The Hall–Kier alpha value is -3.01. The van der Waals surface area contributed by atoms with E-state index in [2.05, 4.69) is 15.6 Å². The topological polar surface area (TPSA) is 123 Å². The van der Waals surface area contributed by atoms with Crippen LogP contribution in [0.5, 0.6) is 0 Å². The van der Waals surface area contributed by atoms with Crippen LogP contribution in [0.3, 0.4) is 0 Å². The van der Waals surface area contributed by atoms with Gasteiger partial charge in [0, 0.05) is 17.5 Å². The highest BCUT2D eigenvalue weighted by molar-refractivity contribution is 7.09. The predicted octanol–water partition coefficient (Wildman–Crippen LogP) is 4.56. The summed E-state index contributed by atoms with van der Waals surface area (Å²) in [4.78, 5) is 40.6. The lowest BCUT2D eigenvalue weighted by Gasteiger charge is -2.27. The second-order valence-corrected chi connectivity index (χ2v) is 9.98. The van der Waals surface area contributed by atoms with E-state index in [1.807, 2.05) is 26.2 Å². The number of non-ortho nitro benzene ring substituents is 1. The predicted molar refractivity (Wildman–Crippen MR) is 127 cm³/mol. The van der Waals surface area contributed by atoms with E-state index in [9.17, 15) is 19.7 Å². The first-order chi connectivity index (χ1) is 15.4. The Morgan fingerprint density at radius 2 is 1.82 bits per heavy atom. The Kier molecular flexibility index (Phi) is 8.92. The fourth-order valence-electron chi connectivity index (χ4n) is 3.07. The summed E-state index contributed by atoms with van der Waals surface area (Å²) in [6, 6.07) is 4.97. The monoisotopic (exact) mass is 476 g/mol. The van der Waals surface area contributed by atoms with Crippen LogP contribution < -0.4 is 10.6 Å². The molecule has 0 fully saturated rings. The first kappa shape index (κ1) is 26.2. The molecular weight excluding hydrogens is 444 g/mol. The number of ether oxygens (including phenoxy) is 1. The summed E-state index contributed by atoms with van der Waals surface area (Å²) in [5.74, 6) is -0.531. The smallest absolute Gasteiger partial charge is 0.408 e. The molecule has 1 heterocycles. The van der Waals surface area contributed by atoms with Gasteiger partial charge in [-0.15, -0.1) is 11.3 Å². The maximum Gasteiger partial charge on any atom is 0.408 e. The van der Waals surface area contributed by atoms with Gasteiger partial charge in [0.1, 0.15) is 16.7 Å². The lowest BCUT2D eigenvalue weighted by Crippen LogP contribution is -2.51. The Labute approximate surface area is 198 Å². The van der Waals surface area contributed by atoms with Crippen molar-refractivity contribution in [3.63, 3.8) is 0 Å². The standard InChI is InChI=1S/C23H32N4O5S/c1-7-16-13-33-21(24-16)18(12-15-8-10-17(11-9-15)27(30)31)25-20(28)19(14(2)3)26-22(29)32-23(4,5)6/h8-11,13-14,18-19H,7,12H2,1-6H3,(H,25,28)(H,26,29). The Morgan fingerprint density at radius 1 is 1.18 bits per heavy atom. The number of rotatable bonds is 9. The van der Waals surface area contributed by atoms with Crippen molar-refractivity contribution in [1.29, 1.82) is 0 Å². The van der Waals surface area contributed by atoms with E-state index in [-0.39, 0.29) is 17.5 Å². The molecule has 2 atom stereocenters. The number of aryl methyl sites for hydroxylation is 1. The molecule has 2 unspecified atom stereocenters. The maximum atomic E-state index is 13.2. The van der Waals surface area contributed by atoms with E-state index >= 15 is 0 Å². The first-order valence-corrected chi connectivity index (χ1v) is 11.7. The molecule has 0 aliphatic carbocycles. The van der Waals surface area contributed by atoms with Crippen molar-refractivity contribution < 1.29 is 19.2 Å². The molecule has 2 N–H and O–H groups in total. The number of nitrogens with zero attached hydrogens (tertiary/aromatic N) is 2. The molecule has 0 bridgehead atoms. The van der Waals surface area contributed by atoms with Crippen molar-refractivity contribution in [3.05, 3.63) is 56.0 Å². The molecule has 2 rings (SSSR count). The number of amides is 2. The number of alkyl carbamates (subject to hydrolysis) is 1. The van der Waals surface area contributed by atoms with E-state index in [0.29, 0.717) is 6.42 Å². The molecule has 1 aromatic carbocycles. The highest BCUT2D eigenvalue weighted by Gasteiger charge is 2.29. The number of hydrogen-bond donors (Lipinski definition) is 2. The van der Waals surface area contributed by atoms with Crippen LogP contribution in [0.25, 0.3) is 0 Å². The van der Waals surface area contributed by atoms with Crippen LogP contribution in [0.1, 0.15) is 63.8 Å². The van der Waals surface area contributed by atoms with Gasteiger partial charge in [0.05, 0.1) is 16.7 Å². The minimum atomic E-state index is -0.801. The van der Waals surface area contributed by atoms with Crippen molar-refractivity contribution in [2.45, 2.75) is 72.1 Å². The highest BCUT2D eigenvalue weighted by Crippen LogP contribution is 2.24. The molecule has 0 saturated carbocycles. The van der Waals surface area contributed by atoms with Crippen LogP contribution in [-0.2, 0) is 22.4 Å². The summed E-state index contributed by atoms with van der Waals surface area (Å²) in [6.07, 6.45) is 0.507. The van der Waals surface area contributed by atoms with E-state index in [1.54, 1.807) is 32.9 Å². The number of nitro benzene ring substituents is 1. The number of nitrogens with one attached hydrogen (secondary N) is 2. The highest BCUT2D eigenvalue weighted by atomic mass is 32.1. The van der Waals surface area contributed by atoms with Crippen LogP contribution in [0.4, 0.5) is 10.5 Å². The van der Waals surface area contributed by atoms with Crippen molar-refractivity contribution in [2.75, 3.05) is 0 Å². The van der Waals surface area contributed by atoms with Gasteiger partial charge in [-0.2, -0.15) is 0 Å². The van der Waals surface area contributed by atoms with Crippen LogP contribution in [0.15, 0.2) is 29.6 Å². The van der Waals surface area contributed by atoms with Gasteiger partial charge in [-0.1, -0.05) is 32.9 Å². The number of hydrogen-bond acceptors (Lipinski definition) is 7. The summed E-state index contributed by atoms with van der Waals surface area (Å²) in [5.41, 5.74) is 1.06. The fraction of sp³-hybridized carbons (Fsp3) is 0.522. The zero-order chi connectivity index (χ0) is 24.8. The number of carbonyl (C=O) groups excluding carboxylic acids is 2. The van der Waals surface area contributed by atoms with Gasteiger partial charge in [-0.05, 0) is 45.1 Å². The molecule has 0 radical (unpaired) electrons. The van der Waals surface area contributed by atoms with Crippen LogP contribution >= 0.6 is 11.3 Å². The number of carbonyl (C=O) groups is 2. The first-order valence-electron chi connectivity index (χ1n) is 10.9. The molecule has 0 saturated heterocycles. The average molecular weight is 477 g/mol. The number of nitro groups is 1. The minimum Gasteiger partial charge on any atom is -0.444 e. The third kappa shape index (κ3) is 8.12. The van der Waals surface area contributed by atoms with Crippen LogP contribution in [0.2, 0.25) is 0 Å². The number of aromatic nitrogens is 1. The van der Waals surface area contributed by atoms with Crippen LogP contribution in [0, 0.1) is 16.0 Å². The SMILES string of the molecule is CCc1csc(C(Cc2ccc([N+](=O)[O-])cc2)NC(=O)C(NC(=O)OC(C)(C)C)C(C)C)n1. The molecule has 0 aliphatic rings. The Morgan fingerprint density at radius 3 is 2.30 bits per heavy atom. The van der Waals surface area contributed by atoms with Gasteiger partial charge in [0.25, 0.3) is 5.69 Å². The molecule has 33 heavy (non-hydrogen) atoms. The van der Waals surface area contributed by atoms with Crippen molar-refractivity contribution in [1.82, 2.24) is 15.6 Å². The van der Waals surface area contributed by atoms with E-state index in [1.165, 1.54) is 23.5 Å². The van der Waals surface area contributed by atoms with Crippen molar-refractivity contribution >= 4 is 29.0 Å². The number of thiazole rings is 1. The summed E-state index contributed by atoms with van der Waals surface area (Å²) >= 11 is 1.45. The van der Waals surface area contributed by atoms with E-state index in [0.717, 1.165) is 22.7 Å². The molecular formula is C23H32N4O5S. The fourth-order valence-corrected chi connectivity index (χ4v) is 4.02. The molecule has 0 spiro atoms. The molecule has 0 aliphatic heterocycles.